The van der Waals surface area contributed by atoms with Crippen LogP contribution < -0.4 is 14.5 Å². The summed E-state index contributed by atoms with van der Waals surface area (Å²) in [7, 11) is 3.83. The number of aromatic nitrogens is 1. The highest BCUT2D eigenvalue weighted by Crippen LogP contribution is 2.40. The molecule has 146 valence electrons. The minimum atomic E-state index is -0.390. The average molecular weight is 396 g/mol. The quantitative estimate of drug-likeness (QED) is 0.616. The molecule has 1 aromatic heterocycles. The first-order valence-corrected chi connectivity index (χ1v) is 10.5. The van der Waals surface area contributed by atoms with E-state index in [-0.39, 0.29) is 0 Å². The number of hydrogen-bond acceptors (Lipinski definition) is 4. The van der Waals surface area contributed by atoms with E-state index in [0.717, 1.165) is 51.6 Å². The summed E-state index contributed by atoms with van der Waals surface area (Å²) in [5, 5.41) is 1.15. The van der Waals surface area contributed by atoms with Gasteiger partial charge in [-0.2, -0.15) is 0 Å². The van der Waals surface area contributed by atoms with Gasteiger partial charge < -0.3 is 14.6 Å². The summed E-state index contributed by atoms with van der Waals surface area (Å²) in [6.45, 7) is 5.11. The number of anilines is 2. The van der Waals surface area contributed by atoms with Gasteiger partial charge in [0, 0.05) is 48.4 Å². The lowest BCUT2D eigenvalue weighted by atomic mass is 10.1. The van der Waals surface area contributed by atoms with Crippen LogP contribution in [0, 0.1) is 6.92 Å². The van der Waals surface area contributed by atoms with E-state index in [1.165, 1.54) is 5.56 Å². The van der Waals surface area contributed by atoms with Crippen molar-refractivity contribution in [2.45, 2.75) is 25.2 Å². The molecular weight excluding hydrogens is 370 g/mol. The Labute approximate surface area is 169 Å². The van der Waals surface area contributed by atoms with E-state index in [9.17, 15) is 4.79 Å². The van der Waals surface area contributed by atoms with Crippen LogP contribution in [0.15, 0.2) is 41.3 Å². The molecule has 0 spiro atoms. The standard InChI is InChI=1S/C22H25N3O2S/c1-5-28-20-9-7-6-8-17(20)25(4)22(26)27-19-13-18-15(10-11-24(18)3)16-12-14(2)23-21(16)19/h6-9,12-13,23H,5,10-11H2,1-4H3. The van der Waals surface area contributed by atoms with E-state index in [1.807, 2.05) is 37.3 Å². The molecule has 1 amide bonds. The van der Waals surface area contributed by atoms with Gasteiger partial charge in [0.25, 0.3) is 0 Å². The second-order valence-electron chi connectivity index (χ2n) is 7.11. The highest BCUT2D eigenvalue weighted by atomic mass is 32.2. The highest BCUT2D eigenvalue weighted by molar-refractivity contribution is 7.99. The molecule has 1 aliphatic heterocycles. The number of aryl methyl sites for hydroxylation is 1. The molecule has 3 aromatic rings. The van der Waals surface area contributed by atoms with Crippen molar-refractivity contribution in [3.8, 4) is 5.75 Å². The Morgan fingerprint density at radius 3 is 2.89 bits per heavy atom. The van der Waals surface area contributed by atoms with Gasteiger partial charge in [0.1, 0.15) is 0 Å². The van der Waals surface area contributed by atoms with Crippen molar-refractivity contribution < 1.29 is 9.53 Å². The summed E-state index contributed by atoms with van der Waals surface area (Å²) in [4.78, 5) is 21.2. The summed E-state index contributed by atoms with van der Waals surface area (Å²) in [6.07, 6.45) is 0.619. The van der Waals surface area contributed by atoms with Crippen molar-refractivity contribution in [3.05, 3.63) is 47.7 Å². The number of H-pyrrole nitrogens is 1. The van der Waals surface area contributed by atoms with Gasteiger partial charge in [-0.25, -0.2) is 4.79 Å². The molecule has 1 aliphatic rings. The van der Waals surface area contributed by atoms with E-state index < -0.39 is 6.09 Å². The number of benzene rings is 2. The van der Waals surface area contributed by atoms with Crippen LogP contribution >= 0.6 is 11.8 Å². The second-order valence-corrected chi connectivity index (χ2v) is 8.42. The lowest BCUT2D eigenvalue weighted by Gasteiger charge is -2.21. The molecule has 1 N–H and O–H groups in total. The average Bonchev–Trinajstić information content (AvgIpc) is 3.25. The number of aromatic amines is 1. The molecule has 6 heteroatoms. The fourth-order valence-corrected chi connectivity index (χ4v) is 4.64. The van der Waals surface area contributed by atoms with Gasteiger partial charge in [0.15, 0.2) is 5.75 Å². The number of amides is 1. The van der Waals surface area contributed by atoms with Crippen LogP contribution in [0.4, 0.5) is 16.2 Å². The fourth-order valence-electron chi connectivity index (χ4n) is 3.80. The lowest BCUT2D eigenvalue weighted by Crippen LogP contribution is -2.30. The van der Waals surface area contributed by atoms with Crippen LogP contribution in [0.5, 0.6) is 5.75 Å². The molecule has 0 aliphatic carbocycles. The van der Waals surface area contributed by atoms with Crippen LogP contribution in [0.3, 0.4) is 0 Å². The molecule has 0 saturated heterocycles. The van der Waals surface area contributed by atoms with Gasteiger partial charge in [-0.1, -0.05) is 19.1 Å². The van der Waals surface area contributed by atoms with Crippen LogP contribution in [-0.4, -0.2) is 37.5 Å². The number of carbonyl (C=O) groups excluding carboxylic acids is 1. The van der Waals surface area contributed by atoms with E-state index in [2.05, 4.69) is 29.9 Å². The van der Waals surface area contributed by atoms with Crippen molar-refractivity contribution in [2.24, 2.45) is 0 Å². The zero-order valence-corrected chi connectivity index (χ0v) is 17.5. The number of fused-ring (bicyclic) bond motifs is 3. The van der Waals surface area contributed by atoms with Crippen molar-refractivity contribution in [3.63, 3.8) is 0 Å². The monoisotopic (exact) mass is 395 g/mol. The van der Waals surface area contributed by atoms with Crippen LogP contribution in [0.2, 0.25) is 0 Å². The Balaban J connectivity index is 1.69. The third-order valence-electron chi connectivity index (χ3n) is 5.21. The van der Waals surface area contributed by atoms with E-state index in [1.54, 1.807) is 23.7 Å². The molecule has 28 heavy (non-hydrogen) atoms. The van der Waals surface area contributed by atoms with Crippen molar-refractivity contribution in [1.82, 2.24) is 4.98 Å². The van der Waals surface area contributed by atoms with E-state index in [0.29, 0.717) is 5.75 Å². The van der Waals surface area contributed by atoms with Crippen molar-refractivity contribution in [2.75, 3.05) is 36.2 Å². The second kappa shape index (κ2) is 7.43. The van der Waals surface area contributed by atoms with Crippen LogP contribution in [-0.2, 0) is 6.42 Å². The summed E-state index contributed by atoms with van der Waals surface area (Å²) < 4.78 is 5.88. The van der Waals surface area contributed by atoms with Gasteiger partial charge in [-0.3, -0.25) is 4.90 Å². The first-order chi connectivity index (χ1) is 13.5. The molecule has 2 aromatic carbocycles. The molecule has 0 fully saturated rings. The minimum Gasteiger partial charge on any atom is -0.408 e. The third kappa shape index (κ3) is 3.22. The predicted octanol–water partition coefficient (Wildman–Crippen LogP) is 5.22. The fraction of sp³-hybridized carbons (Fsp3) is 0.318. The smallest absolute Gasteiger partial charge is 0.408 e. The van der Waals surface area contributed by atoms with E-state index >= 15 is 0 Å². The predicted molar refractivity (Wildman–Crippen MR) is 117 cm³/mol. The molecule has 0 radical (unpaired) electrons. The Hall–Kier alpha value is -2.60. The first-order valence-electron chi connectivity index (χ1n) is 9.53. The van der Waals surface area contributed by atoms with Gasteiger partial charge in [0.2, 0.25) is 0 Å². The topological polar surface area (TPSA) is 48.6 Å². The zero-order chi connectivity index (χ0) is 19.8. The molecule has 5 nitrogen and oxygen atoms in total. The number of carbonyl (C=O) groups is 1. The Bertz CT molecular complexity index is 1040. The van der Waals surface area contributed by atoms with Gasteiger partial charge >= 0.3 is 6.09 Å². The molecule has 4 rings (SSSR count). The molecule has 0 bridgehead atoms. The lowest BCUT2D eigenvalue weighted by molar-refractivity contribution is 0.209. The van der Waals surface area contributed by atoms with Gasteiger partial charge in [-0.15, -0.1) is 11.8 Å². The molecule has 0 atom stereocenters. The number of hydrogen-bond donors (Lipinski definition) is 1. The van der Waals surface area contributed by atoms with Crippen LogP contribution in [0.25, 0.3) is 10.9 Å². The number of likely N-dealkylation sites (N-methyl/N-ethyl adjacent to an activating group) is 1. The highest BCUT2D eigenvalue weighted by Gasteiger charge is 2.24. The third-order valence-corrected chi connectivity index (χ3v) is 6.15. The van der Waals surface area contributed by atoms with E-state index in [4.69, 9.17) is 4.74 Å². The molecular formula is C22H25N3O2S. The zero-order valence-electron chi connectivity index (χ0n) is 16.7. The Morgan fingerprint density at radius 1 is 1.32 bits per heavy atom. The van der Waals surface area contributed by atoms with Gasteiger partial charge in [-0.05, 0) is 42.9 Å². The summed E-state index contributed by atoms with van der Waals surface area (Å²) in [6, 6.07) is 12.0. The number of rotatable bonds is 4. The largest absolute Gasteiger partial charge is 0.419 e. The number of nitrogens with zero attached hydrogens (tertiary/aromatic N) is 2. The summed E-state index contributed by atoms with van der Waals surface area (Å²) in [5.74, 6) is 1.52. The first kappa shape index (κ1) is 18.7. The maximum absolute atomic E-state index is 13.0. The maximum atomic E-state index is 13.0. The molecule has 2 heterocycles. The SMILES string of the molecule is CCSc1ccccc1N(C)C(=O)Oc1cc2c(c3cc(C)[nH]c13)CCN2C. The normalized spacial score (nSPS) is 13.1. The van der Waals surface area contributed by atoms with Crippen molar-refractivity contribution in [1.29, 1.82) is 0 Å². The Kier molecular flexibility index (Phi) is 4.98. The molecule has 0 saturated carbocycles. The Morgan fingerprint density at radius 2 is 2.11 bits per heavy atom. The summed E-state index contributed by atoms with van der Waals surface area (Å²) in [5.41, 5.74) is 5.27. The number of para-hydroxylation sites is 1. The maximum Gasteiger partial charge on any atom is 0.419 e. The van der Waals surface area contributed by atoms with Crippen molar-refractivity contribution >= 4 is 40.1 Å². The number of ether oxygens (including phenoxy) is 1. The minimum absolute atomic E-state index is 0.390. The number of nitrogens with one attached hydrogen (secondary N) is 1. The number of thioether (sulfide) groups is 1. The van der Waals surface area contributed by atoms with Gasteiger partial charge in [0.05, 0.1) is 11.2 Å². The van der Waals surface area contributed by atoms with Crippen LogP contribution in [0.1, 0.15) is 18.2 Å². The summed E-state index contributed by atoms with van der Waals surface area (Å²) >= 11 is 1.71. The molecule has 0 unspecified atom stereocenters.